The molecule has 2 rings (SSSR count). The molecule has 0 saturated carbocycles. The highest BCUT2D eigenvalue weighted by atomic mass is 32.3. The number of hydrogen-bond donors (Lipinski definition) is 0. The first-order chi connectivity index (χ1) is 11.2. The van der Waals surface area contributed by atoms with E-state index < -0.39 is 30.1 Å². The van der Waals surface area contributed by atoms with Crippen LogP contribution in [-0.4, -0.2) is 72.1 Å². The minimum Gasteiger partial charge on any atom is -0.240 e. The van der Waals surface area contributed by atoms with Crippen LogP contribution >= 0.6 is 30.1 Å². The van der Waals surface area contributed by atoms with E-state index in [1.54, 1.807) is 0 Å². The average molecular weight is 403 g/mol. The molecule has 0 fully saturated rings. The standard InChI is InChI=1S/C22H42S3/c1-16(2)17-12-13-19(24(6,7)8)22-20(25(9,10)11)15-14-18(21(17)22)23(3,4)5/h12-20H,1-11H3. The summed E-state index contributed by atoms with van der Waals surface area (Å²) >= 11 is 0. The Hall–Kier alpha value is 0.270. The van der Waals surface area contributed by atoms with E-state index in [2.05, 4.69) is 94.5 Å². The topological polar surface area (TPSA) is 0 Å². The molecule has 0 heterocycles. The van der Waals surface area contributed by atoms with Crippen molar-refractivity contribution in [3.05, 3.63) is 35.5 Å². The molecule has 0 spiro atoms. The first-order valence-corrected chi connectivity index (χ1v) is 18.0. The molecule has 148 valence electrons. The summed E-state index contributed by atoms with van der Waals surface area (Å²) in [4.78, 5) is 0. The van der Waals surface area contributed by atoms with E-state index in [4.69, 9.17) is 0 Å². The molecule has 0 radical (unpaired) electrons. The molecule has 0 N–H and O–H groups in total. The molecule has 0 aromatic rings. The largest absolute Gasteiger partial charge is 0.240 e. The maximum atomic E-state index is 2.62. The molecule has 4 atom stereocenters. The Bertz CT molecular complexity index is 570. The normalized spacial score (nSPS) is 32.8. The van der Waals surface area contributed by atoms with Crippen molar-refractivity contribution in [3.63, 3.8) is 0 Å². The summed E-state index contributed by atoms with van der Waals surface area (Å²) in [5.41, 5.74) is 3.66. The predicted molar refractivity (Wildman–Crippen MR) is 131 cm³/mol. The summed E-state index contributed by atoms with van der Waals surface area (Å²) in [6, 6.07) is 0. The Labute approximate surface area is 163 Å². The molecule has 0 aliphatic heterocycles. The molecule has 0 aromatic carbocycles. The maximum Gasteiger partial charge on any atom is 0.0291 e. The second-order valence-electron chi connectivity index (χ2n) is 10.5. The van der Waals surface area contributed by atoms with Crippen molar-refractivity contribution in [2.75, 3.05) is 56.3 Å². The molecule has 0 nitrogen and oxygen atoms in total. The maximum absolute atomic E-state index is 2.62. The van der Waals surface area contributed by atoms with Crippen LogP contribution in [0.5, 0.6) is 0 Å². The Morgan fingerprint density at radius 3 is 1.20 bits per heavy atom. The summed E-state index contributed by atoms with van der Waals surface area (Å²) in [5, 5.41) is 1.97. The monoisotopic (exact) mass is 402 g/mol. The zero-order chi connectivity index (χ0) is 19.4. The van der Waals surface area contributed by atoms with Gasteiger partial charge in [0.1, 0.15) is 0 Å². The van der Waals surface area contributed by atoms with E-state index in [1.165, 1.54) is 0 Å². The Kier molecular flexibility index (Phi) is 6.06. The molecule has 4 unspecified atom stereocenters. The molecule has 2 aliphatic rings. The fourth-order valence-corrected chi connectivity index (χ4v) is 9.22. The number of hydrogen-bond acceptors (Lipinski definition) is 0. The lowest BCUT2D eigenvalue weighted by Gasteiger charge is -2.53. The van der Waals surface area contributed by atoms with Crippen molar-refractivity contribution >= 4 is 30.1 Å². The van der Waals surface area contributed by atoms with Crippen LogP contribution in [0.3, 0.4) is 0 Å². The first-order valence-electron chi connectivity index (χ1n) is 9.27. The van der Waals surface area contributed by atoms with Crippen molar-refractivity contribution in [2.45, 2.75) is 29.6 Å². The summed E-state index contributed by atoms with van der Waals surface area (Å²) in [5.74, 6) is 1.31. The molecule has 0 aromatic heterocycles. The summed E-state index contributed by atoms with van der Waals surface area (Å²) in [6.07, 6.45) is 33.0. The average Bonchev–Trinajstić information content (AvgIpc) is 2.41. The third-order valence-corrected chi connectivity index (χ3v) is 11.4. The fourth-order valence-electron chi connectivity index (χ4n) is 4.31. The van der Waals surface area contributed by atoms with Gasteiger partial charge in [0.05, 0.1) is 0 Å². The van der Waals surface area contributed by atoms with Crippen molar-refractivity contribution in [1.29, 1.82) is 0 Å². The SMILES string of the molecule is CC(C)C1C=CC(S(C)(C)C)C2=C1C(S(C)(C)C)C=CC2S(C)(C)C. The van der Waals surface area contributed by atoms with Crippen molar-refractivity contribution < 1.29 is 0 Å². The van der Waals surface area contributed by atoms with Crippen LogP contribution in [-0.2, 0) is 0 Å². The van der Waals surface area contributed by atoms with Crippen LogP contribution in [0.1, 0.15) is 13.8 Å². The van der Waals surface area contributed by atoms with Crippen molar-refractivity contribution in [3.8, 4) is 0 Å². The van der Waals surface area contributed by atoms with Gasteiger partial charge in [-0.15, -0.1) is 0 Å². The zero-order valence-corrected chi connectivity index (χ0v) is 20.9. The van der Waals surface area contributed by atoms with Gasteiger partial charge in [-0.3, -0.25) is 0 Å². The van der Waals surface area contributed by atoms with E-state index in [1.807, 2.05) is 11.1 Å². The van der Waals surface area contributed by atoms with Crippen LogP contribution in [0.2, 0.25) is 0 Å². The van der Waals surface area contributed by atoms with E-state index in [-0.39, 0.29) is 0 Å². The van der Waals surface area contributed by atoms with E-state index in [9.17, 15) is 0 Å². The van der Waals surface area contributed by atoms with Gasteiger partial charge in [0.2, 0.25) is 0 Å². The van der Waals surface area contributed by atoms with Gasteiger partial charge >= 0.3 is 0 Å². The summed E-state index contributed by atoms with van der Waals surface area (Å²) in [7, 11) is -1.99. The van der Waals surface area contributed by atoms with Crippen LogP contribution in [0, 0.1) is 11.8 Å². The van der Waals surface area contributed by atoms with Gasteiger partial charge in [0.15, 0.2) is 0 Å². The third-order valence-electron chi connectivity index (χ3n) is 5.57. The summed E-state index contributed by atoms with van der Waals surface area (Å²) < 4.78 is 0. The van der Waals surface area contributed by atoms with Crippen LogP contribution in [0.15, 0.2) is 35.5 Å². The number of rotatable bonds is 4. The van der Waals surface area contributed by atoms with E-state index in [0.717, 1.165) is 0 Å². The summed E-state index contributed by atoms with van der Waals surface area (Å²) in [6.45, 7) is 4.83. The smallest absolute Gasteiger partial charge is 0.0291 e. The van der Waals surface area contributed by atoms with E-state index >= 15 is 0 Å². The van der Waals surface area contributed by atoms with Gasteiger partial charge in [-0.05, 0) is 73.4 Å². The highest BCUT2D eigenvalue weighted by Gasteiger charge is 2.43. The van der Waals surface area contributed by atoms with Gasteiger partial charge in [0, 0.05) is 21.7 Å². The predicted octanol–water partition coefficient (Wildman–Crippen LogP) is 5.88. The van der Waals surface area contributed by atoms with Gasteiger partial charge in [0.25, 0.3) is 0 Å². The van der Waals surface area contributed by atoms with Gasteiger partial charge < -0.3 is 0 Å². The lowest BCUT2D eigenvalue weighted by atomic mass is 9.76. The Morgan fingerprint density at radius 2 is 0.880 bits per heavy atom. The molecular weight excluding hydrogens is 360 g/mol. The van der Waals surface area contributed by atoms with Crippen LogP contribution in [0.4, 0.5) is 0 Å². The second kappa shape index (κ2) is 7.02. The molecule has 0 amide bonds. The zero-order valence-electron chi connectivity index (χ0n) is 18.4. The highest BCUT2D eigenvalue weighted by molar-refractivity contribution is 8.34. The molecule has 0 bridgehead atoms. The van der Waals surface area contributed by atoms with Gasteiger partial charge in [-0.25, -0.2) is 30.1 Å². The lowest BCUT2D eigenvalue weighted by Crippen LogP contribution is -2.39. The molecule has 3 heteroatoms. The van der Waals surface area contributed by atoms with Gasteiger partial charge in [-0.2, -0.15) is 0 Å². The minimum atomic E-state index is -0.663. The first kappa shape index (κ1) is 21.6. The fraction of sp³-hybridized carbons (Fsp3) is 0.727. The second-order valence-corrected chi connectivity index (χ2v) is 23.6. The molecular formula is C22H42S3. The third kappa shape index (κ3) is 4.41. The van der Waals surface area contributed by atoms with Gasteiger partial charge in [-0.1, -0.05) is 38.2 Å². The molecule has 2 aliphatic carbocycles. The van der Waals surface area contributed by atoms with Crippen LogP contribution in [0.25, 0.3) is 0 Å². The molecule has 0 saturated heterocycles. The van der Waals surface area contributed by atoms with Crippen LogP contribution < -0.4 is 0 Å². The van der Waals surface area contributed by atoms with Crippen molar-refractivity contribution in [2.24, 2.45) is 11.8 Å². The minimum absolute atomic E-state index is 0.624. The highest BCUT2D eigenvalue weighted by Crippen LogP contribution is 2.61. The molecule has 25 heavy (non-hydrogen) atoms. The number of allylic oxidation sites excluding steroid dienone is 1. The van der Waals surface area contributed by atoms with E-state index in [0.29, 0.717) is 27.6 Å². The lowest BCUT2D eigenvalue weighted by molar-refractivity contribution is 0.507. The Balaban J connectivity index is 2.75. The van der Waals surface area contributed by atoms with Crippen molar-refractivity contribution in [1.82, 2.24) is 0 Å². The Morgan fingerprint density at radius 1 is 0.560 bits per heavy atom. The quantitative estimate of drug-likeness (QED) is 0.515.